The molecule has 4 aromatic rings. The van der Waals surface area contributed by atoms with Gasteiger partial charge in [-0.2, -0.15) is 0 Å². The largest absolute Gasteiger partial charge is 0.497 e. The first kappa shape index (κ1) is 23.4. The minimum Gasteiger partial charge on any atom is -0.497 e. The maximum atomic E-state index is 12.3. The van der Waals surface area contributed by atoms with Crippen LogP contribution >= 0.6 is 23.2 Å². The third kappa shape index (κ3) is 5.39. The first-order chi connectivity index (χ1) is 16.4. The number of ether oxygens (including phenoxy) is 1. The SMILES string of the molecule is COc1cccc(NC(=O)Nc2ccc(-c3nnc(/C=C/c4c(Cl)cccc4Cl)n3C)cc2)c1. The highest BCUT2D eigenvalue weighted by Gasteiger charge is 2.10. The maximum absolute atomic E-state index is 12.3. The van der Waals surface area contributed by atoms with E-state index in [9.17, 15) is 4.79 Å². The summed E-state index contributed by atoms with van der Waals surface area (Å²) in [5.74, 6) is 1.98. The minimum absolute atomic E-state index is 0.356. The quantitative estimate of drug-likeness (QED) is 0.316. The van der Waals surface area contributed by atoms with Crippen LogP contribution in [0.3, 0.4) is 0 Å². The number of aromatic nitrogens is 3. The van der Waals surface area contributed by atoms with E-state index in [0.29, 0.717) is 38.8 Å². The summed E-state index contributed by atoms with van der Waals surface area (Å²) < 4.78 is 7.03. The minimum atomic E-state index is -0.356. The summed E-state index contributed by atoms with van der Waals surface area (Å²) in [6.45, 7) is 0. The Labute approximate surface area is 207 Å². The molecule has 0 saturated heterocycles. The summed E-state index contributed by atoms with van der Waals surface area (Å²) in [4.78, 5) is 12.3. The molecule has 1 heterocycles. The van der Waals surface area contributed by atoms with Crippen LogP contribution in [0.1, 0.15) is 11.4 Å². The number of anilines is 2. The Bertz CT molecular complexity index is 1330. The average Bonchev–Trinajstić information content (AvgIpc) is 3.19. The van der Waals surface area contributed by atoms with Crippen LogP contribution in [0.2, 0.25) is 10.0 Å². The van der Waals surface area contributed by atoms with Crippen molar-refractivity contribution < 1.29 is 9.53 Å². The van der Waals surface area contributed by atoms with E-state index in [2.05, 4.69) is 20.8 Å². The van der Waals surface area contributed by atoms with Crippen molar-refractivity contribution in [1.82, 2.24) is 14.8 Å². The van der Waals surface area contributed by atoms with E-state index in [4.69, 9.17) is 27.9 Å². The molecule has 0 aliphatic carbocycles. The van der Waals surface area contributed by atoms with Gasteiger partial charge in [0.25, 0.3) is 0 Å². The second-order valence-electron chi connectivity index (χ2n) is 7.30. The zero-order valence-electron chi connectivity index (χ0n) is 18.4. The fraction of sp³-hybridized carbons (Fsp3) is 0.0800. The Morgan fingerprint density at radius 2 is 1.59 bits per heavy atom. The number of halogens is 2. The van der Waals surface area contributed by atoms with Crippen molar-refractivity contribution in [3.05, 3.63) is 88.2 Å². The van der Waals surface area contributed by atoms with Crippen molar-refractivity contribution >= 4 is 52.8 Å². The molecule has 1 aromatic heterocycles. The monoisotopic (exact) mass is 493 g/mol. The van der Waals surface area contributed by atoms with Crippen LogP contribution in [0.25, 0.3) is 23.5 Å². The number of hydrogen-bond donors (Lipinski definition) is 2. The summed E-state index contributed by atoms with van der Waals surface area (Å²) in [5.41, 5.74) is 2.84. The molecule has 4 rings (SSSR count). The molecule has 172 valence electrons. The lowest BCUT2D eigenvalue weighted by molar-refractivity contribution is 0.262. The van der Waals surface area contributed by atoms with Gasteiger partial charge in [0, 0.05) is 45.7 Å². The third-order valence-electron chi connectivity index (χ3n) is 5.04. The number of nitrogens with zero attached hydrogens (tertiary/aromatic N) is 3. The van der Waals surface area contributed by atoms with E-state index < -0.39 is 0 Å². The molecule has 9 heteroatoms. The van der Waals surface area contributed by atoms with Crippen LogP contribution in [0.5, 0.6) is 5.75 Å². The van der Waals surface area contributed by atoms with Crippen LogP contribution in [-0.4, -0.2) is 27.9 Å². The molecule has 0 aliphatic rings. The molecule has 0 atom stereocenters. The van der Waals surface area contributed by atoms with E-state index in [-0.39, 0.29) is 6.03 Å². The van der Waals surface area contributed by atoms with Gasteiger partial charge in [-0.05, 0) is 60.7 Å². The molecule has 0 saturated carbocycles. The van der Waals surface area contributed by atoms with Gasteiger partial charge in [-0.25, -0.2) is 4.79 Å². The van der Waals surface area contributed by atoms with Crippen LogP contribution in [0, 0.1) is 0 Å². The molecule has 0 fully saturated rings. The van der Waals surface area contributed by atoms with E-state index in [1.54, 1.807) is 61.7 Å². The number of methoxy groups -OCH3 is 1. The maximum Gasteiger partial charge on any atom is 0.323 e. The van der Waals surface area contributed by atoms with Gasteiger partial charge >= 0.3 is 6.03 Å². The predicted octanol–water partition coefficient (Wildman–Crippen LogP) is 6.61. The van der Waals surface area contributed by atoms with Crippen molar-refractivity contribution in [3.8, 4) is 17.1 Å². The highest BCUT2D eigenvalue weighted by atomic mass is 35.5. The summed E-state index contributed by atoms with van der Waals surface area (Å²) in [5, 5.41) is 15.2. The number of carbonyl (C=O) groups excluding carboxylic acids is 1. The molecule has 0 aliphatic heterocycles. The summed E-state index contributed by atoms with van der Waals surface area (Å²) in [6, 6.07) is 19.5. The van der Waals surface area contributed by atoms with E-state index in [1.165, 1.54) is 0 Å². The van der Waals surface area contributed by atoms with Gasteiger partial charge in [0.1, 0.15) is 5.75 Å². The Balaban J connectivity index is 1.44. The van der Waals surface area contributed by atoms with E-state index in [1.807, 2.05) is 35.9 Å². The molecular weight excluding hydrogens is 473 g/mol. The van der Waals surface area contributed by atoms with Gasteiger partial charge in [0.05, 0.1) is 7.11 Å². The molecule has 3 aromatic carbocycles. The van der Waals surface area contributed by atoms with Crippen LogP contribution in [0.4, 0.5) is 16.2 Å². The lowest BCUT2D eigenvalue weighted by atomic mass is 10.2. The molecule has 0 spiro atoms. The van der Waals surface area contributed by atoms with Gasteiger partial charge in [0.2, 0.25) is 0 Å². The molecule has 7 nitrogen and oxygen atoms in total. The van der Waals surface area contributed by atoms with Crippen molar-refractivity contribution in [2.24, 2.45) is 7.05 Å². The molecule has 0 bridgehead atoms. The van der Waals surface area contributed by atoms with Crippen molar-refractivity contribution in [3.63, 3.8) is 0 Å². The highest BCUT2D eigenvalue weighted by Crippen LogP contribution is 2.27. The van der Waals surface area contributed by atoms with E-state index >= 15 is 0 Å². The zero-order chi connectivity index (χ0) is 24.1. The average molecular weight is 494 g/mol. The summed E-state index contributed by atoms with van der Waals surface area (Å²) >= 11 is 12.5. The summed E-state index contributed by atoms with van der Waals surface area (Å²) in [6.07, 6.45) is 3.62. The van der Waals surface area contributed by atoms with E-state index in [0.717, 1.165) is 11.1 Å². The highest BCUT2D eigenvalue weighted by molar-refractivity contribution is 6.37. The standard InChI is InChI=1S/C25H21Cl2N5O2/c1-32-23(14-13-20-21(26)7-4-8-22(20)27)30-31-24(32)16-9-11-17(12-10-16)28-25(33)29-18-5-3-6-19(15-18)34-2/h3-15H,1-2H3,(H2,28,29,33)/b14-13+. The third-order valence-corrected chi connectivity index (χ3v) is 5.70. The Hall–Kier alpha value is -3.81. The first-order valence-electron chi connectivity index (χ1n) is 10.3. The van der Waals surface area contributed by atoms with Gasteiger partial charge in [0.15, 0.2) is 11.6 Å². The normalized spacial score (nSPS) is 10.9. The number of amides is 2. The lowest BCUT2D eigenvalue weighted by Crippen LogP contribution is -2.19. The van der Waals surface area contributed by atoms with Crippen LogP contribution in [-0.2, 0) is 7.05 Å². The first-order valence-corrected chi connectivity index (χ1v) is 11.0. The number of carbonyl (C=O) groups is 1. The Morgan fingerprint density at radius 1 is 0.912 bits per heavy atom. The van der Waals surface area contributed by atoms with Crippen LogP contribution in [0.15, 0.2) is 66.7 Å². The fourth-order valence-electron chi connectivity index (χ4n) is 3.26. The molecular formula is C25H21Cl2N5O2. The molecule has 0 radical (unpaired) electrons. The van der Waals surface area contributed by atoms with Crippen molar-refractivity contribution in [1.29, 1.82) is 0 Å². The number of hydrogen-bond acceptors (Lipinski definition) is 4. The predicted molar refractivity (Wildman–Crippen MR) is 137 cm³/mol. The van der Waals surface area contributed by atoms with Crippen molar-refractivity contribution in [2.45, 2.75) is 0 Å². The topological polar surface area (TPSA) is 81.1 Å². The number of nitrogens with one attached hydrogen (secondary N) is 2. The second kappa shape index (κ2) is 10.4. The van der Waals surface area contributed by atoms with Gasteiger partial charge < -0.3 is 19.9 Å². The Kier molecular flexibility index (Phi) is 7.15. The summed E-state index contributed by atoms with van der Waals surface area (Å²) in [7, 11) is 3.45. The number of urea groups is 1. The smallest absolute Gasteiger partial charge is 0.323 e. The molecule has 2 N–H and O–H groups in total. The van der Waals surface area contributed by atoms with Gasteiger partial charge in [-0.3, -0.25) is 0 Å². The number of rotatable bonds is 6. The fourth-order valence-corrected chi connectivity index (χ4v) is 3.79. The molecule has 2 amide bonds. The van der Waals surface area contributed by atoms with Gasteiger partial charge in [-0.1, -0.05) is 35.3 Å². The zero-order valence-corrected chi connectivity index (χ0v) is 19.9. The van der Waals surface area contributed by atoms with Crippen LogP contribution < -0.4 is 15.4 Å². The second-order valence-corrected chi connectivity index (χ2v) is 8.11. The Morgan fingerprint density at radius 3 is 2.29 bits per heavy atom. The van der Waals surface area contributed by atoms with Crippen molar-refractivity contribution in [2.75, 3.05) is 17.7 Å². The molecule has 0 unspecified atom stereocenters. The number of benzene rings is 3. The van der Waals surface area contributed by atoms with Gasteiger partial charge in [-0.15, -0.1) is 10.2 Å². The lowest BCUT2D eigenvalue weighted by Gasteiger charge is -2.09. The molecule has 34 heavy (non-hydrogen) atoms.